The minimum absolute atomic E-state index is 0.188. The molecule has 0 spiro atoms. The van der Waals surface area contributed by atoms with E-state index in [-0.39, 0.29) is 5.82 Å². The molecule has 2 rings (SSSR count). The molecule has 21 heavy (non-hydrogen) atoms. The first-order valence-electron chi connectivity index (χ1n) is 7.39. The zero-order valence-electron chi connectivity index (χ0n) is 12.3. The molecule has 0 saturated carbocycles. The van der Waals surface area contributed by atoms with Gasteiger partial charge in [-0.2, -0.15) is 0 Å². The van der Waals surface area contributed by atoms with Crippen LogP contribution in [0.25, 0.3) is 0 Å². The van der Waals surface area contributed by atoms with Gasteiger partial charge in [-0.1, -0.05) is 42.8 Å². The summed E-state index contributed by atoms with van der Waals surface area (Å²) in [6.07, 6.45) is 2.89. The number of rotatable bonds is 7. The van der Waals surface area contributed by atoms with Crippen molar-refractivity contribution in [1.82, 2.24) is 5.32 Å². The lowest BCUT2D eigenvalue weighted by Crippen LogP contribution is -2.33. The Kier molecular flexibility index (Phi) is 6.21. The second kappa shape index (κ2) is 8.16. The van der Waals surface area contributed by atoms with Gasteiger partial charge in [-0.05, 0) is 61.2 Å². The van der Waals surface area contributed by atoms with Crippen LogP contribution in [0.5, 0.6) is 0 Å². The summed E-state index contributed by atoms with van der Waals surface area (Å²) in [6, 6.07) is 15.0. The van der Waals surface area contributed by atoms with Gasteiger partial charge in [-0.3, -0.25) is 0 Å². The second-order valence-electron chi connectivity index (χ2n) is 5.32. The Morgan fingerprint density at radius 1 is 1.05 bits per heavy atom. The first kappa shape index (κ1) is 16.0. The SMILES string of the molecule is CCCNC(Cc1ccc(F)cc1)Cc1cccc(Cl)c1. The lowest BCUT2D eigenvalue weighted by molar-refractivity contribution is 0.504. The predicted octanol–water partition coefficient (Wildman–Crippen LogP) is 4.63. The molecule has 0 fully saturated rings. The van der Waals surface area contributed by atoms with Crippen LogP contribution in [0.1, 0.15) is 24.5 Å². The van der Waals surface area contributed by atoms with Crippen LogP contribution in [0.2, 0.25) is 5.02 Å². The molecule has 0 aromatic heterocycles. The molecule has 0 bridgehead atoms. The van der Waals surface area contributed by atoms with Crippen LogP contribution >= 0.6 is 11.6 Å². The van der Waals surface area contributed by atoms with E-state index < -0.39 is 0 Å². The van der Waals surface area contributed by atoms with E-state index in [4.69, 9.17) is 11.6 Å². The van der Waals surface area contributed by atoms with Crippen molar-refractivity contribution in [3.05, 3.63) is 70.5 Å². The summed E-state index contributed by atoms with van der Waals surface area (Å²) >= 11 is 6.05. The molecule has 0 saturated heterocycles. The fourth-order valence-electron chi connectivity index (χ4n) is 2.42. The van der Waals surface area contributed by atoms with E-state index >= 15 is 0 Å². The van der Waals surface area contributed by atoms with Gasteiger partial charge in [0.05, 0.1) is 0 Å². The highest BCUT2D eigenvalue weighted by molar-refractivity contribution is 6.30. The molecule has 1 unspecified atom stereocenters. The standard InChI is InChI=1S/C18H21ClFN/c1-2-10-21-18(12-14-6-8-17(20)9-7-14)13-15-4-3-5-16(19)11-15/h3-9,11,18,21H,2,10,12-13H2,1H3. The van der Waals surface area contributed by atoms with Crippen molar-refractivity contribution < 1.29 is 4.39 Å². The summed E-state index contributed by atoms with van der Waals surface area (Å²) < 4.78 is 13.0. The minimum atomic E-state index is -0.188. The number of hydrogen-bond acceptors (Lipinski definition) is 1. The first-order chi connectivity index (χ1) is 10.2. The summed E-state index contributed by atoms with van der Waals surface area (Å²) in [4.78, 5) is 0. The maximum absolute atomic E-state index is 13.0. The molecule has 0 heterocycles. The molecule has 1 N–H and O–H groups in total. The van der Waals surface area contributed by atoms with Gasteiger partial charge in [-0.15, -0.1) is 0 Å². The van der Waals surface area contributed by atoms with Crippen molar-refractivity contribution in [3.63, 3.8) is 0 Å². The highest BCUT2D eigenvalue weighted by Crippen LogP contribution is 2.14. The van der Waals surface area contributed by atoms with Gasteiger partial charge in [0.15, 0.2) is 0 Å². The zero-order chi connectivity index (χ0) is 15.1. The summed E-state index contributed by atoms with van der Waals surface area (Å²) in [5.74, 6) is -0.188. The molecule has 112 valence electrons. The summed E-state index contributed by atoms with van der Waals surface area (Å²) in [6.45, 7) is 3.13. The Morgan fingerprint density at radius 2 is 1.76 bits per heavy atom. The molecule has 3 heteroatoms. The summed E-state index contributed by atoms with van der Waals surface area (Å²) in [7, 11) is 0. The van der Waals surface area contributed by atoms with Crippen molar-refractivity contribution in [2.75, 3.05) is 6.54 Å². The van der Waals surface area contributed by atoms with Crippen LogP contribution in [-0.4, -0.2) is 12.6 Å². The normalized spacial score (nSPS) is 12.3. The van der Waals surface area contributed by atoms with Crippen LogP contribution in [0, 0.1) is 5.82 Å². The second-order valence-corrected chi connectivity index (χ2v) is 5.75. The fraction of sp³-hybridized carbons (Fsp3) is 0.333. The molecule has 0 aliphatic heterocycles. The van der Waals surface area contributed by atoms with E-state index in [0.717, 1.165) is 36.4 Å². The summed E-state index contributed by atoms with van der Waals surface area (Å²) in [5, 5.41) is 4.33. The van der Waals surface area contributed by atoms with Gasteiger partial charge < -0.3 is 5.32 Å². The quantitative estimate of drug-likeness (QED) is 0.786. The van der Waals surface area contributed by atoms with Crippen LogP contribution in [-0.2, 0) is 12.8 Å². The lowest BCUT2D eigenvalue weighted by atomic mass is 9.99. The maximum atomic E-state index is 13.0. The largest absolute Gasteiger partial charge is 0.313 e. The van der Waals surface area contributed by atoms with Crippen molar-refractivity contribution >= 4 is 11.6 Å². The van der Waals surface area contributed by atoms with E-state index in [9.17, 15) is 4.39 Å². The molecule has 0 radical (unpaired) electrons. The molecule has 2 aromatic rings. The Hall–Kier alpha value is -1.38. The van der Waals surface area contributed by atoms with Gasteiger partial charge in [0, 0.05) is 11.1 Å². The number of nitrogens with one attached hydrogen (secondary N) is 1. The molecule has 2 aromatic carbocycles. The van der Waals surface area contributed by atoms with E-state index in [1.165, 1.54) is 17.7 Å². The Balaban J connectivity index is 2.04. The van der Waals surface area contributed by atoms with E-state index in [1.807, 2.05) is 30.3 Å². The number of halogens is 2. The molecular weight excluding hydrogens is 285 g/mol. The lowest BCUT2D eigenvalue weighted by Gasteiger charge is -2.19. The Labute approximate surface area is 131 Å². The number of hydrogen-bond donors (Lipinski definition) is 1. The molecule has 1 atom stereocenters. The van der Waals surface area contributed by atoms with Gasteiger partial charge in [0.25, 0.3) is 0 Å². The maximum Gasteiger partial charge on any atom is 0.123 e. The first-order valence-corrected chi connectivity index (χ1v) is 7.77. The van der Waals surface area contributed by atoms with Crippen molar-refractivity contribution in [2.24, 2.45) is 0 Å². The molecule has 0 aliphatic carbocycles. The Bertz CT molecular complexity index is 553. The van der Waals surface area contributed by atoms with Crippen LogP contribution in [0.3, 0.4) is 0 Å². The van der Waals surface area contributed by atoms with Crippen LogP contribution < -0.4 is 5.32 Å². The van der Waals surface area contributed by atoms with E-state index in [1.54, 1.807) is 0 Å². The number of benzene rings is 2. The fourth-order valence-corrected chi connectivity index (χ4v) is 2.63. The zero-order valence-corrected chi connectivity index (χ0v) is 13.0. The Morgan fingerprint density at radius 3 is 2.43 bits per heavy atom. The monoisotopic (exact) mass is 305 g/mol. The predicted molar refractivity (Wildman–Crippen MR) is 87.3 cm³/mol. The molecule has 0 aliphatic rings. The van der Waals surface area contributed by atoms with Crippen LogP contribution in [0.4, 0.5) is 4.39 Å². The van der Waals surface area contributed by atoms with Crippen molar-refractivity contribution in [2.45, 2.75) is 32.2 Å². The average Bonchev–Trinajstić information content (AvgIpc) is 2.47. The smallest absolute Gasteiger partial charge is 0.123 e. The molecule has 0 amide bonds. The third kappa shape index (κ3) is 5.49. The van der Waals surface area contributed by atoms with E-state index in [2.05, 4.69) is 18.3 Å². The average molecular weight is 306 g/mol. The third-order valence-electron chi connectivity index (χ3n) is 3.45. The van der Waals surface area contributed by atoms with Gasteiger partial charge in [-0.25, -0.2) is 4.39 Å². The molecule has 1 nitrogen and oxygen atoms in total. The van der Waals surface area contributed by atoms with Crippen molar-refractivity contribution in [1.29, 1.82) is 0 Å². The topological polar surface area (TPSA) is 12.0 Å². The minimum Gasteiger partial charge on any atom is -0.313 e. The third-order valence-corrected chi connectivity index (χ3v) is 3.68. The molecular formula is C18H21ClFN. The van der Waals surface area contributed by atoms with Gasteiger partial charge >= 0.3 is 0 Å². The van der Waals surface area contributed by atoms with Gasteiger partial charge in [0.2, 0.25) is 0 Å². The summed E-state index contributed by atoms with van der Waals surface area (Å²) in [5.41, 5.74) is 2.37. The van der Waals surface area contributed by atoms with Crippen LogP contribution in [0.15, 0.2) is 48.5 Å². The highest BCUT2D eigenvalue weighted by atomic mass is 35.5. The van der Waals surface area contributed by atoms with Crippen molar-refractivity contribution in [3.8, 4) is 0 Å². The van der Waals surface area contributed by atoms with Gasteiger partial charge in [0.1, 0.15) is 5.82 Å². The van der Waals surface area contributed by atoms with E-state index in [0.29, 0.717) is 6.04 Å². The highest BCUT2D eigenvalue weighted by Gasteiger charge is 2.10.